The van der Waals surface area contributed by atoms with E-state index in [9.17, 15) is 9.59 Å². The lowest BCUT2D eigenvalue weighted by molar-refractivity contribution is -0.137. The number of carbonyl (C=O) groups is 2. The van der Waals surface area contributed by atoms with Crippen molar-refractivity contribution in [1.29, 1.82) is 0 Å². The van der Waals surface area contributed by atoms with Crippen LogP contribution < -0.4 is 4.90 Å². The zero-order valence-corrected chi connectivity index (χ0v) is 15.9. The molecule has 1 aliphatic rings. The summed E-state index contributed by atoms with van der Waals surface area (Å²) in [5.41, 5.74) is 4.10. The first-order valence-corrected chi connectivity index (χ1v) is 9.25. The molecular weight excluding hydrogens is 362 g/mol. The highest BCUT2D eigenvalue weighted by molar-refractivity contribution is 6.27. The molecule has 0 aliphatic carbocycles. The summed E-state index contributed by atoms with van der Waals surface area (Å²) in [4.78, 5) is 27.1. The smallest absolute Gasteiger partial charge is 0.343 e. The molecule has 0 bridgehead atoms. The quantitative estimate of drug-likeness (QED) is 0.490. The van der Waals surface area contributed by atoms with Crippen LogP contribution >= 0.6 is 0 Å². The van der Waals surface area contributed by atoms with Gasteiger partial charge in [-0.1, -0.05) is 78.9 Å². The number of amides is 1. The third-order valence-corrected chi connectivity index (χ3v) is 4.76. The Balaban J connectivity index is 2.03. The Kier molecular flexibility index (Phi) is 5.08. The van der Waals surface area contributed by atoms with Crippen LogP contribution in [0.2, 0.25) is 0 Å². The highest BCUT2D eigenvalue weighted by atomic mass is 16.5. The number of rotatable bonds is 4. The monoisotopic (exact) mass is 381 g/mol. The fraction of sp³-hybridized carbons (Fsp3) is 0.0400. The summed E-state index contributed by atoms with van der Waals surface area (Å²) < 4.78 is 4.85. The highest BCUT2D eigenvalue weighted by Crippen LogP contribution is 2.37. The summed E-state index contributed by atoms with van der Waals surface area (Å²) in [6.45, 7) is 0. The molecular formula is C25H19NO3. The minimum Gasteiger partial charge on any atom is -0.465 e. The fourth-order valence-electron chi connectivity index (χ4n) is 3.44. The van der Waals surface area contributed by atoms with Gasteiger partial charge in [-0.25, -0.2) is 4.79 Å². The summed E-state index contributed by atoms with van der Waals surface area (Å²) in [5.74, 6) is -1.05. The van der Waals surface area contributed by atoms with Crippen molar-refractivity contribution in [3.05, 3.63) is 119 Å². The number of ether oxygens (including phenoxy) is 1. The number of allylic oxidation sites excluding steroid dienone is 1. The molecule has 0 aromatic heterocycles. The number of methoxy groups -OCH3 is 1. The number of hydrogen-bond donors (Lipinski definition) is 0. The average molecular weight is 381 g/mol. The normalized spacial score (nSPS) is 13.3. The number of benzene rings is 3. The topological polar surface area (TPSA) is 46.6 Å². The van der Waals surface area contributed by atoms with Gasteiger partial charge in [0.1, 0.15) is 5.57 Å². The SMILES string of the molecule is COC(=O)C1=CC(=C(c2ccccc2)c2ccccc2)N(c2ccccc2)C1=O. The lowest BCUT2D eigenvalue weighted by Gasteiger charge is -2.22. The van der Waals surface area contributed by atoms with Crippen molar-refractivity contribution in [2.24, 2.45) is 0 Å². The summed E-state index contributed by atoms with van der Waals surface area (Å²) in [5, 5.41) is 0. The van der Waals surface area contributed by atoms with Crippen LogP contribution in [0.3, 0.4) is 0 Å². The van der Waals surface area contributed by atoms with E-state index in [0.29, 0.717) is 11.4 Å². The minimum absolute atomic E-state index is 0.00992. The van der Waals surface area contributed by atoms with Crippen molar-refractivity contribution < 1.29 is 14.3 Å². The van der Waals surface area contributed by atoms with Gasteiger partial charge in [-0.15, -0.1) is 0 Å². The number of esters is 1. The van der Waals surface area contributed by atoms with E-state index in [1.165, 1.54) is 7.11 Å². The summed E-state index contributed by atoms with van der Waals surface area (Å²) in [6, 6.07) is 29.0. The second-order valence-electron chi connectivity index (χ2n) is 6.52. The van der Waals surface area contributed by atoms with Crippen LogP contribution in [0.1, 0.15) is 11.1 Å². The van der Waals surface area contributed by atoms with Gasteiger partial charge in [-0.3, -0.25) is 9.69 Å². The molecule has 0 spiro atoms. The second kappa shape index (κ2) is 7.98. The number of nitrogens with zero attached hydrogens (tertiary/aromatic N) is 1. The Hall–Kier alpha value is -3.92. The molecule has 1 amide bonds. The van der Waals surface area contributed by atoms with E-state index in [1.54, 1.807) is 11.0 Å². The van der Waals surface area contributed by atoms with Crippen molar-refractivity contribution in [3.8, 4) is 0 Å². The summed E-state index contributed by atoms with van der Waals surface area (Å²) >= 11 is 0. The van der Waals surface area contributed by atoms with Crippen LogP contribution in [0, 0.1) is 0 Å². The Morgan fingerprint density at radius 3 is 1.72 bits per heavy atom. The number of anilines is 1. The van der Waals surface area contributed by atoms with Gasteiger partial charge >= 0.3 is 5.97 Å². The van der Waals surface area contributed by atoms with E-state index in [2.05, 4.69) is 0 Å². The van der Waals surface area contributed by atoms with Crippen LogP contribution in [0.5, 0.6) is 0 Å². The molecule has 0 atom stereocenters. The van der Waals surface area contributed by atoms with Crippen LogP contribution in [0.15, 0.2) is 108 Å². The van der Waals surface area contributed by atoms with Crippen molar-refractivity contribution in [2.45, 2.75) is 0 Å². The summed E-state index contributed by atoms with van der Waals surface area (Å²) in [6.07, 6.45) is 1.62. The molecule has 1 heterocycles. The average Bonchev–Trinajstić information content (AvgIpc) is 3.12. The van der Waals surface area contributed by atoms with E-state index in [4.69, 9.17) is 4.74 Å². The Morgan fingerprint density at radius 2 is 1.24 bits per heavy atom. The van der Waals surface area contributed by atoms with E-state index in [1.807, 2.05) is 91.0 Å². The summed E-state index contributed by atoms with van der Waals surface area (Å²) in [7, 11) is 1.28. The molecule has 1 aliphatic heterocycles. The largest absolute Gasteiger partial charge is 0.465 e. The van der Waals surface area contributed by atoms with Gasteiger partial charge in [-0.05, 0) is 29.3 Å². The predicted molar refractivity (Wildman–Crippen MR) is 113 cm³/mol. The number of para-hydroxylation sites is 1. The van der Waals surface area contributed by atoms with Gasteiger partial charge in [0.25, 0.3) is 5.91 Å². The maximum absolute atomic E-state index is 13.2. The van der Waals surface area contributed by atoms with Crippen LogP contribution in [-0.4, -0.2) is 19.0 Å². The standard InChI is InChI=1S/C25H19NO3/c1-29-25(28)21-17-22(26(24(21)27)20-15-9-4-10-16-20)23(18-11-5-2-6-12-18)19-13-7-3-8-14-19/h2-17H,1H3. The molecule has 4 nitrogen and oxygen atoms in total. The highest BCUT2D eigenvalue weighted by Gasteiger charge is 2.36. The molecule has 29 heavy (non-hydrogen) atoms. The molecule has 0 unspecified atom stereocenters. The van der Waals surface area contributed by atoms with Gasteiger partial charge in [-0.2, -0.15) is 0 Å². The van der Waals surface area contributed by atoms with Gasteiger partial charge in [0.15, 0.2) is 0 Å². The molecule has 4 rings (SSSR count). The van der Waals surface area contributed by atoms with Crippen LogP contribution in [0.4, 0.5) is 5.69 Å². The third kappa shape index (κ3) is 3.48. The first-order chi connectivity index (χ1) is 14.2. The third-order valence-electron chi connectivity index (χ3n) is 4.76. The van der Waals surface area contributed by atoms with Crippen molar-refractivity contribution in [1.82, 2.24) is 0 Å². The fourth-order valence-corrected chi connectivity index (χ4v) is 3.44. The molecule has 0 radical (unpaired) electrons. The zero-order valence-electron chi connectivity index (χ0n) is 15.9. The zero-order chi connectivity index (χ0) is 20.2. The minimum atomic E-state index is -0.647. The van der Waals surface area contributed by atoms with Gasteiger partial charge in [0.05, 0.1) is 12.8 Å². The lowest BCUT2D eigenvalue weighted by atomic mass is 9.95. The molecule has 3 aromatic rings. The Morgan fingerprint density at radius 1 is 0.759 bits per heavy atom. The van der Waals surface area contributed by atoms with E-state index in [0.717, 1.165) is 16.7 Å². The first-order valence-electron chi connectivity index (χ1n) is 9.25. The molecule has 0 fully saturated rings. The molecule has 0 N–H and O–H groups in total. The van der Waals surface area contributed by atoms with E-state index >= 15 is 0 Å². The predicted octanol–water partition coefficient (Wildman–Crippen LogP) is 4.59. The van der Waals surface area contributed by atoms with E-state index in [-0.39, 0.29) is 5.57 Å². The van der Waals surface area contributed by atoms with Crippen LogP contribution in [-0.2, 0) is 14.3 Å². The Labute approximate surface area is 169 Å². The number of carbonyl (C=O) groups excluding carboxylic acids is 2. The van der Waals surface area contributed by atoms with Crippen LogP contribution in [0.25, 0.3) is 5.57 Å². The lowest BCUT2D eigenvalue weighted by Crippen LogP contribution is -2.28. The first kappa shape index (κ1) is 18.4. The molecule has 142 valence electrons. The Bertz CT molecular complexity index is 1060. The maximum atomic E-state index is 13.2. The van der Waals surface area contributed by atoms with Gasteiger partial charge < -0.3 is 4.74 Å². The van der Waals surface area contributed by atoms with Crippen molar-refractivity contribution in [3.63, 3.8) is 0 Å². The molecule has 3 aromatic carbocycles. The second-order valence-corrected chi connectivity index (χ2v) is 6.52. The molecule has 0 saturated heterocycles. The van der Waals surface area contributed by atoms with E-state index < -0.39 is 11.9 Å². The molecule has 0 saturated carbocycles. The van der Waals surface area contributed by atoms with Gasteiger partial charge in [0, 0.05) is 11.3 Å². The van der Waals surface area contributed by atoms with Gasteiger partial charge in [0.2, 0.25) is 0 Å². The molecule has 4 heteroatoms. The maximum Gasteiger partial charge on any atom is 0.343 e. The number of hydrogen-bond acceptors (Lipinski definition) is 3. The van der Waals surface area contributed by atoms with Crippen molar-refractivity contribution >= 4 is 23.1 Å². The van der Waals surface area contributed by atoms with Crippen molar-refractivity contribution in [2.75, 3.05) is 12.0 Å².